The van der Waals surface area contributed by atoms with Crippen molar-refractivity contribution in [2.75, 3.05) is 18.0 Å². The highest BCUT2D eigenvalue weighted by Gasteiger charge is 2.20. The molecule has 19 heavy (non-hydrogen) atoms. The molecule has 0 saturated heterocycles. The number of benzene rings is 1. The highest BCUT2D eigenvalue weighted by Crippen LogP contribution is 2.29. The van der Waals surface area contributed by atoms with Gasteiger partial charge in [-0.05, 0) is 48.1 Å². The number of thiophene rings is 1. The largest absolute Gasteiger partial charge is 0.478 e. The van der Waals surface area contributed by atoms with Crippen LogP contribution in [0.1, 0.15) is 20.8 Å². The van der Waals surface area contributed by atoms with E-state index in [0.29, 0.717) is 5.56 Å². The lowest BCUT2D eigenvalue weighted by molar-refractivity contribution is 0.0697. The molecule has 98 valence electrons. The average molecular weight is 273 g/mol. The van der Waals surface area contributed by atoms with Crippen LogP contribution in [0.15, 0.2) is 35.7 Å². The number of carboxylic acids is 1. The van der Waals surface area contributed by atoms with Crippen LogP contribution in [0.3, 0.4) is 0 Å². The molecule has 4 heteroatoms. The molecule has 1 aliphatic heterocycles. The van der Waals surface area contributed by atoms with Crippen LogP contribution < -0.4 is 4.90 Å². The Hall–Kier alpha value is -1.81. The molecular weight excluding hydrogens is 258 g/mol. The van der Waals surface area contributed by atoms with Gasteiger partial charge in [0.05, 0.1) is 5.56 Å². The van der Waals surface area contributed by atoms with Crippen LogP contribution in [-0.2, 0) is 12.8 Å². The summed E-state index contributed by atoms with van der Waals surface area (Å²) in [4.78, 5) is 14.7. The second-order valence-corrected chi connectivity index (χ2v) is 5.75. The molecule has 1 aromatic heterocycles. The van der Waals surface area contributed by atoms with E-state index in [9.17, 15) is 4.79 Å². The highest BCUT2D eigenvalue weighted by atomic mass is 32.1. The van der Waals surface area contributed by atoms with E-state index in [-0.39, 0.29) is 0 Å². The van der Waals surface area contributed by atoms with Crippen molar-refractivity contribution >= 4 is 23.0 Å². The van der Waals surface area contributed by atoms with Gasteiger partial charge >= 0.3 is 5.97 Å². The maximum Gasteiger partial charge on any atom is 0.335 e. The summed E-state index contributed by atoms with van der Waals surface area (Å²) in [5, 5.41) is 11.1. The number of anilines is 1. The Labute approximate surface area is 116 Å². The number of carboxylic acid groups (broad SMARTS) is 1. The Morgan fingerprint density at radius 3 is 3.00 bits per heavy atom. The minimum absolute atomic E-state index is 0.388. The van der Waals surface area contributed by atoms with Gasteiger partial charge in [-0.3, -0.25) is 0 Å². The Kier molecular flexibility index (Phi) is 3.25. The van der Waals surface area contributed by atoms with Crippen molar-refractivity contribution in [3.05, 3.63) is 51.7 Å². The molecular formula is C15H15NO2S. The third-order valence-corrected chi connectivity index (χ3v) is 4.46. The Bertz CT molecular complexity index is 592. The molecule has 2 heterocycles. The van der Waals surface area contributed by atoms with E-state index < -0.39 is 5.97 Å². The number of hydrogen-bond donors (Lipinski definition) is 1. The summed E-state index contributed by atoms with van der Waals surface area (Å²) in [6.07, 6.45) is 2.00. The molecule has 0 unspecified atom stereocenters. The second-order valence-electron chi connectivity index (χ2n) is 4.72. The minimum atomic E-state index is -0.847. The first-order valence-corrected chi connectivity index (χ1v) is 7.25. The first kappa shape index (κ1) is 12.2. The number of rotatable bonds is 4. The molecule has 0 saturated carbocycles. The van der Waals surface area contributed by atoms with Gasteiger partial charge in [-0.15, -0.1) is 11.3 Å². The van der Waals surface area contributed by atoms with Gasteiger partial charge in [-0.2, -0.15) is 0 Å². The van der Waals surface area contributed by atoms with Gasteiger partial charge in [-0.1, -0.05) is 6.07 Å². The zero-order chi connectivity index (χ0) is 13.2. The van der Waals surface area contributed by atoms with Crippen molar-refractivity contribution in [3.63, 3.8) is 0 Å². The monoisotopic (exact) mass is 273 g/mol. The molecule has 1 aliphatic rings. The third kappa shape index (κ3) is 2.49. The first-order chi connectivity index (χ1) is 9.24. The normalized spacial score (nSPS) is 13.6. The standard InChI is InChI=1S/C15H15NO2S/c17-15(18)12-3-4-14-11(10-12)5-7-16(14)8-6-13-2-1-9-19-13/h1-4,9-10H,5-8H2,(H,17,18). The van der Waals surface area contributed by atoms with Gasteiger partial charge in [0.15, 0.2) is 0 Å². The van der Waals surface area contributed by atoms with Crippen LogP contribution in [-0.4, -0.2) is 24.2 Å². The van der Waals surface area contributed by atoms with Crippen molar-refractivity contribution in [1.29, 1.82) is 0 Å². The van der Waals surface area contributed by atoms with Crippen molar-refractivity contribution in [2.45, 2.75) is 12.8 Å². The number of aromatic carboxylic acids is 1. The smallest absolute Gasteiger partial charge is 0.335 e. The van der Waals surface area contributed by atoms with Crippen molar-refractivity contribution in [2.24, 2.45) is 0 Å². The molecule has 0 atom stereocenters. The van der Waals surface area contributed by atoms with Crippen LogP contribution in [0.25, 0.3) is 0 Å². The summed E-state index contributed by atoms with van der Waals surface area (Å²) in [6.45, 7) is 1.99. The zero-order valence-electron chi connectivity index (χ0n) is 10.5. The van der Waals surface area contributed by atoms with Gasteiger partial charge < -0.3 is 10.0 Å². The molecule has 0 radical (unpaired) electrons. The van der Waals surface area contributed by atoms with Gasteiger partial charge in [-0.25, -0.2) is 4.79 Å². The van der Waals surface area contributed by atoms with Crippen LogP contribution in [0, 0.1) is 0 Å². The van der Waals surface area contributed by atoms with E-state index in [1.165, 1.54) is 10.6 Å². The van der Waals surface area contributed by atoms with Crippen molar-refractivity contribution < 1.29 is 9.90 Å². The summed E-state index contributed by atoms with van der Waals surface area (Å²) in [7, 11) is 0. The summed E-state index contributed by atoms with van der Waals surface area (Å²) < 4.78 is 0. The molecule has 0 bridgehead atoms. The molecule has 0 spiro atoms. The van der Waals surface area contributed by atoms with Crippen molar-refractivity contribution in [1.82, 2.24) is 0 Å². The van der Waals surface area contributed by atoms with Crippen molar-refractivity contribution in [3.8, 4) is 0 Å². The van der Waals surface area contributed by atoms with E-state index in [1.54, 1.807) is 17.4 Å². The quantitative estimate of drug-likeness (QED) is 0.930. The van der Waals surface area contributed by atoms with Gasteiger partial charge in [0.1, 0.15) is 0 Å². The minimum Gasteiger partial charge on any atom is -0.478 e. The van der Waals surface area contributed by atoms with Gasteiger partial charge in [0.25, 0.3) is 0 Å². The Morgan fingerprint density at radius 1 is 1.37 bits per heavy atom. The molecule has 1 aromatic carbocycles. The fourth-order valence-electron chi connectivity index (χ4n) is 2.54. The van der Waals surface area contributed by atoms with Crippen LogP contribution in [0.5, 0.6) is 0 Å². The maximum absolute atomic E-state index is 11.0. The summed E-state index contributed by atoms with van der Waals surface area (Å²) in [6, 6.07) is 9.69. The highest BCUT2D eigenvalue weighted by molar-refractivity contribution is 7.09. The topological polar surface area (TPSA) is 40.5 Å². The third-order valence-electron chi connectivity index (χ3n) is 3.53. The van der Waals surface area contributed by atoms with E-state index in [0.717, 1.165) is 31.5 Å². The Balaban J connectivity index is 1.73. The summed E-state index contributed by atoms with van der Waals surface area (Å²) in [5.74, 6) is -0.847. The fourth-order valence-corrected chi connectivity index (χ4v) is 3.23. The number of nitrogens with zero attached hydrogens (tertiary/aromatic N) is 1. The lowest BCUT2D eigenvalue weighted by Gasteiger charge is -2.18. The molecule has 0 fully saturated rings. The number of hydrogen-bond acceptors (Lipinski definition) is 3. The SMILES string of the molecule is O=C(O)c1ccc2c(c1)CCN2CCc1cccs1. The molecule has 0 amide bonds. The van der Waals surface area contributed by atoms with E-state index in [1.807, 2.05) is 12.1 Å². The predicted molar refractivity (Wildman–Crippen MR) is 77.3 cm³/mol. The lowest BCUT2D eigenvalue weighted by Crippen LogP contribution is -2.22. The predicted octanol–water partition coefficient (Wildman–Crippen LogP) is 3.05. The van der Waals surface area contributed by atoms with Gasteiger partial charge in [0, 0.05) is 23.7 Å². The maximum atomic E-state index is 11.0. The van der Waals surface area contributed by atoms with E-state index in [4.69, 9.17) is 5.11 Å². The molecule has 3 nitrogen and oxygen atoms in total. The van der Waals surface area contributed by atoms with E-state index >= 15 is 0 Å². The molecule has 0 aliphatic carbocycles. The molecule has 1 N–H and O–H groups in total. The fraction of sp³-hybridized carbons (Fsp3) is 0.267. The van der Waals surface area contributed by atoms with Crippen LogP contribution in [0.2, 0.25) is 0 Å². The molecule has 2 aromatic rings. The Morgan fingerprint density at radius 2 is 2.26 bits per heavy atom. The first-order valence-electron chi connectivity index (χ1n) is 6.37. The average Bonchev–Trinajstić information content (AvgIpc) is 3.05. The number of fused-ring (bicyclic) bond motifs is 1. The summed E-state index contributed by atoms with van der Waals surface area (Å²) >= 11 is 1.79. The number of carbonyl (C=O) groups is 1. The lowest BCUT2D eigenvalue weighted by atomic mass is 10.1. The second kappa shape index (κ2) is 5.05. The van der Waals surface area contributed by atoms with Crippen LogP contribution >= 0.6 is 11.3 Å². The van der Waals surface area contributed by atoms with E-state index in [2.05, 4.69) is 22.4 Å². The molecule has 3 rings (SSSR count). The zero-order valence-corrected chi connectivity index (χ0v) is 11.3. The van der Waals surface area contributed by atoms with Crippen LogP contribution in [0.4, 0.5) is 5.69 Å². The summed E-state index contributed by atoms with van der Waals surface area (Å²) in [5.41, 5.74) is 2.74. The van der Waals surface area contributed by atoms with Gasteiger partial charge in [0.2, 0.25) is 0 Å².